The summed E-state index contributed by atoms with van der Waals surface area (Å²) < 4.78 is 0. The molecule has 0 radical (unpaired) electrons. The van der Waals surface area contributed by atoms with Gasteiger partial charge in [-0.25, -0.2) is 0 Å². The van der Waals surface area contributed by atoms with Crippen LogP contribution in [0.15, 0.2) is 60.8 Å². The average Bonchev–Trinajstić information content (AvgIpc) is 2.93. The molecule has 0 saturated carbocycles. The lowest BCUT2D eigenvalue weighted by atomic mass is 9.89. The second kappa shape index (κ2) is 4.99. The Labute approximate surface area is 112 Å². The van der Waals surface area contributed by atoms with E-state index in [9.17, 15) is 0 Å². The number of aromatic nitrogens is 1. The maximum absolute atomic E-state index is 9.07. The number of hydrogen-bond donors (Lipinski definition) is 1. The minimum Gasteiger partial charge on any atom is -0.361 e. The largest absolute Gasteiger partial charge is 0.361 e. The van der Waals surface area contributed by atoms with Gasteiger partial charge in [-0.2, -0.15) is 5.26 Å². The van der Waals surface area contributed by atoms with Crippen LogP contribution in [0.1, 0.15) is 23.5 Å². The highest BCUT2D eigenvalue weighted by atomic mass is 14.7. The quantitative estimate of drug-likeness (QED) is 0.738. The van der Waals surface area contributed by atoms with Gasteiger partial charge in [0.15, 0.2) is 0 Å². The van der Waals surface area contributed by atoms with E-state index >= 15 is 0 Å². The normalized spacial score (nSPS) is 12.2. The number of benzene rings is 2. The van der Waals surface area contributed by atoms with Gasteiger partial charge in [-0.05, 0) is 28.6 Å². The fraction of sp³-hybridized carbons (Fsp3) is 0.118. The van der Waals surface area contributed by atoms with Crippen LogP contribution in [-0.4, -0.2) is 4.98 Å². The Morgan fingerprint density at radius 2 is 1.84 bits per heavy atom. The molecule has 1 atom stereocenters. The van der Waals surface area contributed by atoms with E-state index in [0.717, 1.165) is 5.52 Å². The van der Waals surface area contributed by atoms with Crippen LogP contribution in [0.2, 0.25) is 0 Å². The SMILES string of the molecule is N#CC[C@@H](c1ccccc1)c1ccc2cc[nH]c2c1. The van der Waals surface area contributed by atoms with Gasteiger partial charge in [0, 0.05) is 24.1 Å². The second-order valence-corrected chi connectivity index (χ2v) is 4.65. The standard InChI is InChI=1S/C17H14N2/c18-10-8-16(13-4-2-1-3-5-13)15-7-6-14-9-11-19-17(14)12-15/h1-7,9,11-12,16,19H,8H2/t16-/m0/s1. The van der Waals surface area contributed by atoms with Gasteiger partial charge in [0.1, 0.15) is 0 Å². The van der Waals surface area contributed by atoms with Gasteiger partial charge in [-0.1, -0.05) is 42.5 Å². The van der Waals surface area contributed by atoms with Crippen LogP contribution in [0, 0.1) is 11.3 Å². The molecule has 92 valence electrons. The Morgan fingerprint density at radius 3 is 2.63 bits per heavy atom. The zero-order chi connectivity index (χ0) is 13.1. The zero-order valence-electron chi connectivity index (χ0n) is 10.5. The molecule has 1 aromatic heterocycles. The Balaban J connectivity index is 2.06. The Hall–Kier alpha value is -2.53. The van der Waals surface area contributed by atoms with E-state index in [-0.39, 0.29) is 5.92 Å². The summed E-state index contributed by atoms with van der Waals surface area (Å²) in [6, 6.07) is 20.9. The summed E-state index contributed by atoms with van der Waals surface area (Å²) in [5.74, 6) is 0.138. The summed E-state index contributed by atoms with van der Waals surface area (Å²) in [6.45, 7) is 0. The number of hydrogen-bond acceptors (Lipinski definition) is 1. The molecule has 2 aromatic carbocycles. The second-order valence-electron chi connectivity index (χ2n) is 4.65. The predicted molar refractivity (Wildman–Crippen MR) is 76.8 cm³/mol. The van der Waals surface area contributed by atoms with Crippen LogP contribution in [0.4, 0.5) is 0 Å². The molecule has 0 aliphatic rings. The van der Waals surface area contributed by atoms with Gasteiger partial charge in [0.25, 0.3) is 0 Å². The maximum Gasteiger partial charge on any atom is 0.0631 e. The van der Waals surface area contributed by atoms with Crippen molar-refractivity contribution < 1.29 is 0 Å². The van der Waals surface area contributed by atoms with E-state index in [1.165, 1.54) is 16.5 Å². The zero-order valence-corrected chi connectivity index (χ0v) is 10.5. The Kier molecular flexibility index (Phi) is 3.04. The number of fused-ring (bicyclic) bond motifs is 1. The third kappa shape index (κ3) is 2.23. The molecule has 0 aliphatic heterocycles. The van der Waals surface area contributed by atoms with E-state index in [1.54, 1.807) is 0 Å². The lowest BCUT2D eigenvalue weighted by Gasteiger charge is -2.14. The molecular formula is C17H14N2. The van der Waals surface area contributed by atoms with Crippen molar-refractivity contribution in [3.05, 3.63) is 71.9 Å². The number of nitrogens with zero attached hydrogens (tertiary/aromatic N) is 1. The van der Waals surface area contributed by atoms with Gasteiger partial charge in [0.2, 0.25) is 0 Å². The van der Waals surface area contributed by atoms with E-state index in [2.05, 4.69) is 47.5 Å². The van der Waals surface area contributed by atoms with Crippen LogP contribution >= 0.6 is 0 Å². The molecular weight excluding hydrogens is 232 g/mol. The molecule has 0 saturated heterocycles. The molecule has 0 bridgehead atoms. The number of rotatable bonds is 3. The topological polar surface area (TPSA) is 39.6 Å². The first kappa shape index (κ1) is 11.6. The number of nitrogens with one attached hydrogen (secondary N) is 1. The van der Waals surface area contributed by atoms with Crippen molar-refractivity contribution in [3.8, 4) is 6.07 Å². The molecule has 0 aliphatic carbocycles. The summed E-state index contributed by atoms with van der Waals surface area (Å²) in [5.41, 5.74) is 3.49. The first-order valence-corrected chi connectivity index (χ1v) is 6.37. The van der Waals surface area contributed by atoms with Crippen molar-refractivity contribution in [2.45, 2.75) is 12.3 Å². The fourth-order valence-electron chi connectivity index (χ4n) is 2.49. The highest BCUT2D eigenvalue weighted by Gasteiger charge is 2.14. The first-order chi connectivity index (χ1) is 9.38. The lowest BCUT2D eigenvalue weighted by Crippen LogP contribution is -2.00. The van der Waals surface area contributed by atoms with Crippen LogP contribution in [0.3, 0.4) is 0 Å². The highest BCUT2D eigenvalue weighted by molar-refractivity contribution is 5.80. The smallest absolute Gasteiger partial charge is 0.0631 e. The third-order valence-corrected chi connectivity index (χ3v) is 3.48. The van der Waals surface area contributed by atoms with Crippen molar-refractivity contribution in [1.29, 1.82) is 5.26 Å². The van der Waals surface area contributed by atoms with Crippen molar-refractivity contribution >= 4 is 10.9 Å². The molecule has 19 heavy (non-hydrogen) atoms. The van der Waals surface area contributed by atoms with E-state index < -0.39 is 0 Å². The van der Waals surface area contributed by atoms with E-state index in [1.807, 2.05) is 24.4 Å². The van der Waals surface area contributed by atoms with Crippen molar-refractivity contribution in [2.24, 2.45) is 0 Å². The summed E-state index contributed by atoms with van der Waals surface area (Å²) >= 11 is 0. The number of H-pyrrole nitrogens is 1. The Morgan fingerprint density at radius 1 is 1.00 bits per heavy atom. The molecule has 1 heterocycles. The first-order valence-electron chi connectivity index (χ1n) is 6.37. The predicted octanol–water partition coefficient (Wildman–Crippen LogP) is 4.21. The van der Waals surface area contributed by atoms with Gasteiger partial charge in [-0.3, -0.25) is 0 Å². The van der Waals surface area contributed by atoms with Crippen molar-refractivity contribution in [2.75, 3.05) is 0 Å². The van der Waals surface area contributed by atoms with Crippen molar-refractivity contribution in [1.82, 2.24) is 4.98 Å². The maximum atomic E-state index is 9.07. The Bertz CT molecular complexity index is 720. The van der Waals surface area contributed by atoms with Crippen LogP contribution < -0.4 is 0 Å². The average molecular weight is 246 g/mol. The molecule has 0 amide bonds. The number of aromatic amines is 1. The molecule has 3 rings (SSSR count). The van der Waals surface area contributed by atoms with E-state index in [4.69, 9.17) is 5.26 Å². The molecule has 3 aromatic rings. The van der Waals surface area contributed by atoms with Crippen molar-refractivity contribution in [3.63, 3.8) is 0 Å². The minimum atomic E-state index is 0.138. The molecule has 2 nitrogen and oxygen atoms in total. The molecule has 2 heteroatoms. The third-order valence-electron chi connectivity index (χ3n) is 3.48. The van der Waals surface area contributed by atoms with Gasteiger partial charge in [0.05, 0.1) is 6.07 Å². The fourth-order valence-corrected chi connectivity index (χ4v) is 2.49. The number of nitriles is 1. The van der Waals surface area contributed by atoms with Crippen LogP contribution in [0.25, 0.3) is 10.9 Å². The molecule has 0 fully saturated rings. The molecule has 0 spiro atoms. The minimum absolute atomic E-state index is 0.138. The summed E-state index contributed by atoms with van der Waals surface area (Å²) in [6.07, 6.45) is 2.44. The summed E-state index contributed by atoms with van der Waals surface area (Å²) in [4.78, 5) is 3.23. The summed E-state index contributed by atoms with van der Waals surface area (Å²) in [5, 5.41) is 10.3. The summed E-state index contributed by atoms with van der Waals surface area (Å²) in [7, 11) is 0. The molecule has 1 N–H and O–H groups in total. The van der Waals surface area contributed by atoms with Crippen LogP contribution in [-0.2, 0) is 0 Å². The highest BCUT2D eigenvalue weighted by Crippen LogP contribution is 2.29. The van der Waals surface area contributed by atoms with E-state index in [0.29, 0.717) is 6.42 Å². The van der Waals surface area contributed by atoms with Gasteiger partial charge < -0.3 is 4.98 Å². The van der Waals surface area contributed by atoms with Gasteiger partial charge >= 0.3 is 0 Å². The van der Waals surface area contributed by atoms with Crippen LogP contribution in [0.5, 0.6) is 0 Å². The molecule has 0 unspecified atom stereocenters. The lowest BCUT2D eigenvalue weighted by molar-refractivity contribution is 0.839. The monoisotopic (exact) mass is 246 g/mol. The van der Waals surface area contributed by atoms with Gasteiger partial charge in [-0.15, -0.1) is 0 Å².